The molecule has 0 spiro atoms. The molecule has 0 saturated heterocycles. The normalized spacial score (nSPS) is 11.7. The fraction of sp³-hybridized carbons (Fsp3) is 0.222. The monoisotopic (exact) mass is 175 g/mol. The summed E-state index contributed by atoms with van der Waals surface area (Å²) in [5.74, 6) is 0. The number of aromatic nitrogens is 1. The van der Waals surface area contributed by atoms with E-state index in [2.05, 4.69) is 4.98 Å². The first-order chi connectivity index (χ1) is 6.27. The molecule has 0 amide bonds. The highest BCUT2D eigenvalue weighted by molar-refractivity contribution is 5.74. The first-order valence-electron chi connectivity index (χ1n) is 3.80. The number of aldehydes is 1. The molecule has 1 heterocycles. The van der Waals surface area contributed by atoms with Gasteiger partial charge in [0, 0.05) is 24.0 Å². The molecule has 66 valence electrons. The van der Waals surface area contributed by atoms with E-state index in [1.807, 2.05) is 6.07 Å². The molecule has 0 aliphatic carbocycles. The summed E-state index contributed by atoms with van der Waals surface area (Å²) >= 11 is 0. The third-order valence-corrected chi connectivity index (χ3v) is 1.66. The molecule has 0 fully saturated rings. The minimum Gasteiger partial charge on any atom is -0.323 e. The Morgan fingerprint density at radius 3 is 3.08 bits per heavy atom. The van der Waals surface area contributed by atoms with Crippen molar-refractivity contribution in [2.24, 2.45) is 5.73 Å². The van der Waals surface area contributed by atoms with Gasteiger partial charge in [-0.2, -0.15) is 5.26 Å². The first kappa shape index (κ1) is 9.36. The van der Waals surface area contributed by atoms with Crippen LogP contribution in [-0.4, -0.2) is 11.3 Å². The van der Waals surface area contributed by atoms with Crippen molar-refractivity contribution in [1.29, 1.82) is 5.26 Å². The fourth-order valence-corrected chi connectivity index (χ4v) is 0.960. The zero-order chi connectivity index (χ0) is 9.68. The highest BCUT2D eigenvalue weighted by atomic mass is 16.1. The predicted octanol–water partition coefficient (Wildman–Crippen LogP) is 0.808. The van der Waals surface area contributed by atoms with Crippen molar-refractivity contribution in [3.05, 3.63) is 29.6 Å². The fourth-order valence-electron chi connectivity index (χ4n) is 0.960. The standard InChI is InChI=1S/C9H9N3O/c10-2-1-9(11)8-3-7(6-13)4-12-5-8/h3-6,9H,1,11H2/t9-/m1/s1. The molecular weight excluding hydrogens is 166 g/mol. The molecule has 0 saturated carbocycles. The van der Waals surface area contributed by atoms with E-state index in [1.54, 1.807) is 12.3 Å². The molecule has 1 atom stereocenters. The molecule has 13 heavy (non-hydrogen) atoms. The van der Waals surface area contributed by atoms with Crippen LogP contribution in [0.25, 0.3) is 0 Å². The molecule has 0 aromatic carbocycles. The Labute approximate surface area is 76.0 Å². The van der Waals surface area contributed by atoms with Crippen molar-refractivity contribution in [2.45, 2.75) is 12.5 Å². The molecule has 1 rings (SSSR count). The summed E-state index contributed by atoms with van der Waals surface area (Å²) in [4.78, 5) is 14.2. The number of hydrogen-bond donors (Lipinski definition) is 1. The maximum atomic E-state index is 10.4. The minimum atomic E-state index is -0.364. The number of rotatable bonds is 3. The summed E-state index contributed by atoms with van der Waals surface area (Å²) in [5.41, 5.74) is 6.84. The smallest absolute Gasteiger partial charge is 0.151 e. The average molecular weight is 175 g/mol. The van der Waals surface area contributed by atoms with E-state index in [1.165, 1.54) is 6.20 Å². The van der Waals surface area contributed by atoms with Gasteiger partial charge < -0.3 is 5.73 Å². The quantitative estimate of drug-likeness (QED) is 0.689. The molecule has 0 bridgehead atoms. The maximum Gasteiger partial charge on any atom is 0.151 e. The second-order valence-electron chi connectivity index (χ2n) is 2.64. The lowest BCUT2D eigenvalue weighted by atomic mass is 10.1. The Hall–Kier alpha value is -1.73. The van der Waals surface area contributed by atoms with Crippen LogP contribution in [0.2, 0.25) is 0 Å². The summed E-state index contributed by atoms with van der Waals surface area (Å²) < 4.78 is 0. The summed E-state index contributed by atoms with van der Waals surface area (Å²) in [5, 5.41) is 8.40. The van der Waals surface area contributed by atoms with E-state index in [4.69, 9.17) is 11.0 Å². The second kappa shape index (κ2) is 4.33. The number of nitrogens with zero attached hydrogens (tertiary/aromatic N) is 2. The second-order valence-corrected chi connectivity index (χ2v) is 2.64. The number of carbonyl (C=O) groups excluding carboxylic acids is 1. The van der Waals surface area contributed by atoms with Crippen LogP contribution in [0.15, 0.2) is 18.5 Å². The zero-order valence-electron chi connectivity index (χ0n) is 6.97. The molecule has 0 radical (unpaired) electrons. The summed E-state index contributed by atoms with van der Waals surface area (Å²) in [6.45, 7) is 0. The Kier molecular flexibility index (Phi) is 3.12. The Morgan fingerprint density at radius 1 is 1.69 bits per heavy atom. The number of pyridine rings is 1. The van der Waals surface area contributed by atoms with Gasteiger partial charge in [-0.15, -0.1) is 0 Å². The molecule has 0 aliphatic rings. The molecule has 4 heteroatoms. The van der Waals surface area contributed by atoms with Crippen molar-refractivity contribution in [3.8, 4) is 6.07 Å². The largest absolute Gasteiger partial charge is 0.323 e. The number of carbonyl (C=O) groups is 1. The van der Waals surface area contributed by atoms with Crippen LogP contribution in [0.4, 0.5) is 0 Å². The highest BCUT2D eigenvalue weighted by Gasteiger charge is 2.05. The third-order valence-electron chi connectivity index (χ3n) is 1.66. The molecule has 0 unspecified atom stereocenters. The molecule has 4 nitrogen and oxygen atoms in total. The zero-order valence-corrected chi connectivity index (χ0v) is 6.97. The van der Waals surface area contributed by atoms with E-state index in [0.717, 1.165) is 0 Å². The minimum absolute atomic E-state index is 0.226. The van der Waals surface area contributed by atoms with Crippen molar-refractivity contribution >= 4 is 6.29 Å². The molecular formula is C9H9N3O. The molecule has 1 aromatic rings. The van der Waals surface area contributed by atoms with Gasteiger partial charge in [0.2, 0.25) is 0 Å². The van der Waals surface area contributed by atoms with Gasteiger partial charge in [0.05, 0.1) is 12.5 Å². The maximum absolute atomic E-state index is 10.4. The lowest BCUT2D eigenvalue weighted by molar-refractivity contribution is 0.112. The average Bonchev–Trinajstić information content (AvgIpc) is 2.18. The van der Waals surface area contributed by atoms with Gasteiger partial charge in [-0.3, -0.25) is 9.78 Å². The van der Waals surface area contributed by atoms with E-state index >= 15 is 0 Å². The highest BCUT2D eigenvalue weighted by Crippen LogP contribution is 2.12. The summed E-state index contributed by atoms with van der Waals surface area (Å²) in [7, 11) is 0. The van der Waals surface area contributed by atoms with Crippen LogP contribution in [-0.2, 0) is 0 Å². The Morgan fingerprint density at radius 2 is 2.46 bits per heavy atom. The lowest BCUT2D eigenvalue weighted by Crippen LogP contribution is -2.09. The topological polar surface area (TPSA) is 79.8 Å². The van der Waals surface area contributed by atoms with E-state index in [-0.39, 0.29) is 12.5 Å². The van der Waals surface area contributed by atoms with Crippen molar-refractivity contribution in [2.75, 3.05) is 0 Å². The summed E-state index contributed by atoms with van der Waals surface area (Å²) in [6, 6.07) is 3.24. The lowest BCUT2D eigenvalue weighted by Gasteiger charge is -2.06. The molecule has 2 N–H and O–H groups in total. The van der Waals surface area contributed by atoms with Gasteiger partial charge in [0.25, 0.3) is 0 Å². The number of nitriles is 1. The Balaban J connectivity index is 2.89. The number of nitrogens with two attached hydrogens (primary N) is 1. The van der Waals surface area contributed by atoms with Gasteiger partial charge in [-0.1, -0.05) is 0 Å². The van der Waals surface area contributed by atoms with Gasteiger partial charge in [0.1, 0.15) is 0 Å². The van der Waals surface area contributed by atoms with Crippen LogP contribution >= 0.6 is 0 Å². The van der Waals surface area contributed by atoms with Gasteiger partial charge in [0.15, 0.2) is 6.29 Å². The first-order valence-corrected chi connectivity index (χ1v) is 3.80. The Bertz CT molecular complexity index is 343. The van der Waals surface area contributed by atoms with Gasteiger partial charge >= 0.3 is 0 Å². The van der Waals surface area contributed by atoms with Crippen molar-refractivity contribution < 1.29 is 4.79 Å². The van der Waals surface area contributed by atoms with E-state index in [9.17, 15) is 4.79 Å². The van der Waals surface area contributed by atoms with Crippen LogP contribution in [0.5, 0.6) is 0 Å². The van der Waals surface area contributed by atoms with Crippen molar-refractivity contribution in [3.63, 3.8) is 0 Å². The number of hydrogen-bond acceptors (Lipinski definition) is 4. The van der Waals surface area contributed by atoms with Crippen LogP contribution in [0.1, 0.15) is 28.4 Å². The van der Waals surface area contributed by atoms with Crippen LogP contribution in [0, 0.1) is 11.3 Å². The SMILES string of the molecule is N#CC[C@@H](N)c1cncc(C=O)c1. The summed E-state index contributed by atoms with van der Waals surface area (Å²) in [6.07, 6.45) is 3.95. The third kappa shape index (κ3) is 2.36. The van der Waals surface area contributed by atoms with E-state index in [0.29, 0.717) is 17.4 Å². The van der Waals surface area contributed by atoms with E-state index < -0.39 is 0 Å². The van der Waals surface area contributed by atoms with Gasteiger partial charge in [-0.25, -0.2) is 0 Å². The van der Waals surface area contributed by atoms with Gasteiger partial charge in [-0.05, 0) is 11.6 Å². The predicted molar refractivity (Wildman–Crippen MR) is 46.8 cm³/mol. The van der Waals surface area contributed by atoms with Crippen molar-refractivity contribution in [1.82, 2.24) is 4.98 Å². The van der Waals surface area contributed by atoms with Crippen LogP contribution in [0.3, 0.4) is 0 Å². The molecule has 1 aromatic heterocycles. The van der Waals surface area contributed by atoms with Crippen LogP contribution < -0.4 is 5.73 Å². The molecule has 0 aliphatic heterocycles.